The summed E-state index contributed by atoms with van der Waals surface area (Å²) >= 11 is 0. The van der Waals surface area contributed by atoms with Crippen LogP contribution in [0.5, 0.6) is 0 Å². The summed E-state index contributed by atoms with van der Waals surface area (Å²) in [6.45, 7) is 0. The van der Waals surface area contributed by atoms with Gasteiger partial charge in [-0.1, -0.05) is 0 Å². The number of aliphatic carboxylic acids is 4. The molecular formula is C6H8F2O8. The molecule has 0 aromatic heterocycles. The molecule has 0 aliphatic carbocycles. The van der Waals surface area contributed by atoms with Gasteiger partial charge in [0.1, 0.15) is 6.42 Å². The number of carboxylic acids is 4. The number of rotatable bonds is 4. The third-order valence-electron chi connectivity index (χ3n) is 0.736. The summed E-state index contributed by atoms with van der Waals surface area (Å²) in [4.78, 5) is 37.6. The maximum absolute atomic E-state index is 11.4. The molecule has 0 saturated heterocycles. The van der Waals surface area contributed by atoms with Crippen molar-refractivity contribution in [3.63, 3.8) is 0 Å². The standard InChI is InChI=1S/C3H3FO4.C3H4O4.FH/c4-1(2(5)6)3(7)8;4-2(5)1-3(6)7;/h1H,(H,5,6)(H,7,8);1H2,(H,4,5)(H,6,7);1H. The molecule has 0 saturated carbocycles. The highest BCUT2D eigenvalue weighted by Gasteiger charge is 2.23. The molecule has 0 unspecified atom stereocenters. The van der Waals surface area contributed by atoms with Gasteiger partial charge < -0.3 is 20.4 Å². The second kappa shape index (κ2) is 9.30. The predicted molar refractivity (Wildman–Crippen MR) is 42.6 cm³/mol. The first-order chi connectivity index (χ1) is 6.68. The maximum Gasteiger partial charge on any atom is 0.350 e. The van der Waals surface area contributed by atoms with Crippen LogP contribution in [0.4, 0.5) is 9.09 Å². The molecule has 0 radical (unpaired) electrons. The van der Waals surface area contributed by atoms with Crippen LogP contribution in [-0.4, -0.2) is 50.5 Å². The molecule has 0 atom stereocenters. The molecule has 0 fully saturated rings. The highest BCUT2D eigenvalue weighted by molar-refractivity contribution is 5.95. The third-order valence-corrected chi connectivity index (χ3v) is 0.736. The molecule has 10 heteroatoms. The number of hydrogen-bond acceptors (Lipinski definition) is 4. The van der Waals surface area contributed by atoms with E-state index >= 15 is 0 Å². The number of alkyl halides is 1. The third kappa shape index (κ3) is 14.3. The summed E-state index contributed by atoms with van der Waals surface area (Å²) in [6, 6.07) is 0. The van der Waals surface area contributed by atoms with Gasteiger partial charge in [0, 0.05) is 0 Å². The molecule has 0 rings (SSSR count). The number of carboxylic acid groups (broad SMARTS) is 4. The second-order valence-electron chi connectivity index (χ2n) is 2.00. The van der Waals surface area contributed by atoms with Crippen LogP contribution in [0.1, 0.15) is 6.42 Å². The largest absolute Gasteiger partial charge is 0.481 e. The van der Waals surface area contributed by atoms with Gasteiger partial charge >= 0.3 is 23.9 Å². The van der Waals surface area contributed by atoms with Gasteiger partial charge in [-0.3, -0.25) is 14.3 Å². The average molecular weight is 246 g/mol. The molecule has 0 spiro atoms. The van der Waals surface area contributed by atoms with E-state index in [1.165, 1.54) is 0 Å². The average Bonchev–Trinajstić information content (AvgIpc) is 2.00. The van der Waals surface area contributed by atoms with Crippen molar-refractivity contribution in [1.29, 1.82) is 0 Å². The van der Waals surface area contributed by atoms with Crippen molar-refractivity contribution in [2.45, 2.75) is 12.6 Å². The van der Waals surface area contributed by atoms with E-state index in [1.54, 1.807) is 0 Å². The molecule has 4 N–H and O–H groups in total. The van der Waals surface area contributed by atoms with Gasteiger partial charge in [-0.25, -0.2) is 14.0 Å². The molecular weight excluding hydrogens is 238 g/mol. The van der Waals surface area contributed by atoms with Crippen LogP contribution >= 0.6 is 0 Å². The summed E-state index contributed by atoms with van der Waals surface area (Å²) in [5.74, 6) is -6.57. The van der Waals surface area contributed by atoms with Crippen LogP contribution < -0.4 is 0 Å². The highest BCUT2D eigenvalue weighted by atomic mass is 19.1. The molecule has 0 amide bonds. The fourth-order valence-electron chi connectivity index (χ4n) is 0.235. The van der Waals surface area contributed by atoms with E-state index in [1.807, 2.05) is 0 Å². The van der Waals surface area contributed by atoms with Gasteiger partial charge in [-0.05, 0) is 0 Å². The molecule has 0 bridgehead atoms. The molecule has 0 aromatic carbocycles. The first-order valence-corrected chi connectivity index (χ1v) is 3.21. The van der Waals surface area contributed by atoms with E-state index in [0.29, 0.717) is 0 Å². The normalized spacial score (nSPS) is 8.12. The summed E-state index contributed by atoms with van der Waals surface area (Å²) < 4.78 is 11.4. The Morgan fingerprint density at radius 3 is 1.12 bits per heavy atom. The van der Waals surface area contributed by atoms with Crippen LogP contribution in [0, 0.1) is 0 Å². The summed E-state index contributed by atoms with van der Waals surface area (Å²) in [5, 5.41) is 30.6. The topological polar surface area (TPSA) is 149 Å². The maximum atomic E-state index is 11.4. The zero-order valence-electron chi connectivity index (χ0n) is 7.49. The minimum absolute atomic E-state index is 0. The van der Waals surface area contributed by atoms with Gasteiger partial charge in [0.2, 0.25) is 0 Å². The molecule has 94 valence electrons. The highest BCUT2D eigenvalue weighted by Crippen LogP contribution is 1.88. The van der Waals surface area contributed by atoms with E-state index in [2.05, 4.69) is 0 Å². The van der Waals surface area contributed by atoms with Crippen molar-refractivity contribution in [3.8, 4) is 0 Å². The first-order valence-electron chi connectivity index (χ1n) is 3.21. The molecule has 0 heterocycles. The Morgan fingerprint density at radius 1 is 0.875 bits per heavy atom. The predicted octanol–water partition coefficient (Wildman–Crippen LogP) is -0.808. The fraction of sp³-hybridized carbons (Fsp3) is 0.333. The Balaban J connectivity index is -0.000000200. The van der Waals surface area contributed by atoms with Crippen molar-refractivity contribution in [3.05, 3.63) is 0 Å². The number of carbonyl (C=O) groups is 4. The number of halogens is 2. The van der Waals surface area contributed by atoms with Crippen LogP contribution in [0.15, 0.2) is 0 Å². The van der Waals surface area contributed by atoms with Gasteiger partial charge in [0.25, 0.3) is 6.17 Å². The summed E-state index contributed by atoms with van der Waals surface area (Å²) in [6.07, 6.45) is -3.60. The lowest BCUT2D eigenvalue weighted by Gasteiger charge is -1.90. The smallest absolute Gasteiger partial charge is 0.350 e. The van der Waals surface area contributed by atoms with E-state index in [0.717, 1.165) is 0 Å². The zero-order chi connectivity index (χ0) is 12.6. The van der Waals surface area contributed by atoms with Crippen molar-refractivity contribution in [1.82, 2.24) is 0 Å². The van der Waals surface area contributed by atoms with Crippen LogP contribution in [-0.2, 0) is 19.2 Å². The van der Waals surface area contributed by atoms with Crippen LogP contribution in [0.2, 0.25) is 0 Å². The van der Waals surface area contributed by atoms with Crippen LogP contribution in [0.25, 0.3) is 0 Å². The Hall–Kier alpha value is -2.26. The lowest BCUT2D eigenvalue weighted by atomic mass is 10.4. The van der Waals surface area contributed by atoms with Crippen molar-refractivity contribution < 1.29 is 48.7 Å². The van der Waals surface area contributed by atoms with Gasteiger partial charge in [-0.2, -0.15) is 0 Å². The van der Waals surface area contributed by atoms with Crippen molar-refractivity contribution in [2.75, 3.05) is 0 Å². The van der Waals surface area contributed by atoms with Gasteiger partial charge in [0.05, 0.1) is 0 Å². The Morgan fingerprint density at radius 2 is 1.12 bits per heavy atom. The molecule has 0 aliphatic heterocycles. The van der Waals surface area contributed by atoms with E-state index in [-0.39, 0.29) is 4.70 Å². The SMILES string of the molecule is F.O=C(O)C(F)C(=O)O.O=C(O)CC(=O)O. The minimum atomic E-state index is -2.80. The quantitative estimate of drug-likeness (QED) is 0.470. The molecule has 0 aliphatic rings. The van der Waals surface area contributed by atoms with Gasteiger partial charge in [-0.15, -0.1) is 0 Å². The van der Waals surface area contributed by atoms with Gasteiger partial charge in [0.15, 0.2) is 0 Å². The zero-order valence-corrected chi connectivity index (χ0v) is 7.49. The summed E-state index contributed by atoms with van der Waals surface area (Å²) in [7, 11) is 0. The second-order valence-corrected chi connectivity index (χ2v) is 2.00. The Bertz CT molecular complexity index is 250. The Labute approximate surface area is 86.3 Å². The summed E-state index contributed by atoms with van der Waals surface area (Å²) in [5.41, 5.74) is 0. The molecule has 0 aromatic rings. The fourth-order valence-corrected chi connectivity index (χ4v) is 0.235. The van der Waals surface area contributed by atoms with Crippen LogP contribution in [0.3, 0.4) is 0 Å². The molecule has 8 nitrogen and oxygen atoms in total. The first kappa shape index (κ1) is 19.3. The minimum Gasteiger partial charge on any atom is -0.481 e. The monoisotopic (exact) mass is 246 g/mol. The Kier molecular flexibility index (Phi) is 11.2. The van der Waals surface area contributed by atoms with Crippen molar-refractivity contribution >= 4 is 23.9 Å². The molecule has 16 heavy (non-hydrogen) atoms. The lowest BCUT2D eigenvalue weighted by molar-refractivity contribution is -0.156. The van der Waals surface area contributed by atoms with E-state index in [9.17, 15) is 23.6 Å². The number of hydrogen-bond donors (Lipinski definition) is 4. The van der Waals surface area contributed by atoms with E-state index < -0.39 is 36.5 Å². The lowest BCUT2D eigenvalue weighted by Crippen LogP contribution is -2.24. The van der Waals surface area contributed by atoms with Crippen molar-refractivity contribution in [2.24, 2.45) is 0 Å². The van der Waals surface area contributed by atoms with E-state index in [4.69, 9.17) is 20.4 Å².